The SMILES string of the molecule is CCCN1CCC(NS(=O)(=O)c2cccc(C#N)c2)CC1.Cl. The van der Waals surface area contributed by atoms with Crippen molar-refractivity contribution in [1.29, 1.82) is 5.26 Å². The zero-order valence-corrected chi connectivity index (χ0v) is 14.3. The van der Waals surface area contributed by atoms with E-state index in [4.69, 9.17) is 5.26 Å². The van der Waals surface area contributed by atoms with E-state index < -0.39 is 10.0 Å². The fourth-order valence-corrected chi connectivity index (χ4v) is 3.96. The number of halogens is 1. The van der Waals surface area contributed by atoms with Gasteiger partial charge in [0.15, 0.2) is 0 Å². The highest BCUT2D eigenvalue weighted by Crippen LogP contribution is 2.16. The Hall–Kier alpha value is -1.13. The summed E-state index contributed by atoms with van der Waals surface area (Å²) in [5.41, 5.74) is 0.357. The van der Waals surface area contributed by atoms with Crippen LogP contribution in [-0.4, -0.2) is 39.0 Å². The van der Waals surface area contributed by atoms with E-state index in [-0.39, 0.29) is 23.3 Å². The zero-order chi connectivity index (χ0) is 15.3. The molecule has 0 spiro atoms. The first-order valence-corrected chi connectivity index (χ1v) is 8.78. The lowest BCUT2D eigenvalue weighted by Crippen LogP contribution is -2.44. The van der Waals surface area contributed by atoms with Crippen LogP contribution in [-0.2, 0) is 10.0 Å². The molecule has 0 saturated carbocycles. The molecule has 0 radical (unpaired) electrons. The summed E-state index contributed by atoms with van der Waals surface area (Å²) in [4.78, 5) is 2.53. The average Bonchev–Trinajstić information content (AvgIpc) is 2.49. The van der Waals surface area contributed by atoms with Crippen LogP contribution in [0.15, 0.2) is 29.2 Å². The maximum Gasteiger partial charge on any atom is 0.240 e. The van der Waals surface area contributed by atoms with Crippen molar-refractivity contribution in [3.8, 4) is 6.07 Å². The lowest BCUT2D eigenvalue weighted by Gasteiger charge is -2.31. The number of likely N-dealkylation sites (tertiary alicyclic amines) is 1. The standard InChI is InChI=1S/C15H21N3O2S.ClH/c1-2-8-18-9-6-14(7-10-18)17-21(19,20)15-5-3-4-13(11-15)12-16;/h3-5,11,14,17H,2,6-10H2,1H3;1H. The molecular weight excluding hydrogens is 322 g/mol. The van der Waals surface area contributed by atoms with Gasteiger partial charge in [-0.2, -0.15) is 5.26 Å². The topological polar surface area (TPSA) is 73.2 Å². The van der Waals surface area contributed by atoms with E-state index in [1.165, 1.54) is 12.1 Å². The maximum absolute atomic E-state index is 12.3. The van der Waals surface area contributed by atoms with E-state index in [0.29, 0.717) is 5.56 Å². The van der Waals surface area contributed by atoms with Crippen LogP contribution in [0.25, 0.3) is 0 Å². The molecule has 2 rings (SSSR count). The first-order chi connectivity index (χ1) is 10.0. The highest BCUT2D eigenvalue weighted by atomic mass is 35.5. The maximum atomic E-state index is 12.3. The van der Waals surface area contributed by atoms with Crippen molar-refractivity contribution in [2.24, 2.45) is 0 Å². The van der Waals surface area contributed by atoms with Crippen LogP contribution in [0.3, 0.4) is 0 Å². The molecule has 122 valence electrons. The number of hydrogen-bond donors (Lipinski definition) is 1. The van der Waals surface area contributed by atoms with E-state index >= 15 is 0 Å². The number of piperidine rings is 1. The summed E-state index contributed by atoms with van der Waals surface area (Å²) < 4.78 is 27.4. The van der Waals surface area contributed by atoms with Gasteiger partial charge in [0, 0.05) is 6.04 Å². The van der Waals surface area contributed by atoms with Crippen LogP contribution in [0.5, 0.6) is 0 Å². The van der Waals surface area contributed by atoms with Crippen molar-refractivity contribution in [1.82, 2.24) is 9.62 Å². The molecule has 0 atom stereocenters. The minimum atomic E-state index is -3.54. The minimum Gasteiger partial charge on any atom is -0.303 e. The van der Waals surface area contributed by atoms with Crippen LogP contribution in [0.4, 0.5) is 0 Å². The fraction of sp³-hybridized carbons (Fsp3) is 0.533. The van der Waals surface area contributed by atoms with Crippen LogP contribution in [0.1, 0.15) is 31.7 Å². The van der Waals surface area contributed by atoms with Gasteiger partial charge < -0.3 is 4.90 Å². The van der Waals surface area contributed by atoms with Crippen molar-refractivity contribution >= 4 is 22.4 Å². The summed E-state index contributed by atoms with van der Waals surface area (Å²) in [6.07, 6.45) is 2.78. The van der Waals surface area contributed by atoms with E-state index in [1.54, 1.807) is 12.1 Å². The molecule has 0 bridgehead atoms. The smallest absolute Gasteiger partial charge is 0.240 e. The second-order valence-corrected chi connectivity index (χ2v) is 7.09. The summed E-state index contributed by atoms with van der Waals surface area (Å²) in [6, 6.07) is 8.07. The predicted octanol–water partition coefficient (Wildman–Crippen LogP) is 2.13. The molecule has 7 heteroatoms. The summed E-state index contributed by atoms with van der Waals surface area (Å²) in [6.45, 7) is 5.08. The van der Waals surface area contributed by atoms with Crippen molar-refractivity contribution in [3.05, 3.63) is 29.8 Å². The van der Waals surface area contributed by atoms with E-state index in [9.17, 15) is 8.42 Å². The molecule has 1 saturated heterocycles. The Bertz CT molecular complexity index is 620. The second kappa shape index (κ2) is 8.49. The largest absolute Gasteiger partial charge is 0.303 e. The lowest BCUT2D eigenvalue weighted by atomic mass is 10.1. The number of rotatable bonds is 5. The van der Waals surface area contributed by atoms with Gasteiger partial charge in [-0.1, -0.05) is 13.0 Å². The first kappa shape index (κ1) is 18.9. The third-order valence-electron chi connectivity index (χ3n) is 3.72. The van der Waals surface area contributed by atoms with Gasteiger partial charge in [-0.3, -0.25) is 0 Å². The average molecular weight is 344 g/mol. The summed E-state index contributed by atoms with van der Waals surface area (Å²) >= 11 is 0. The van der Waals surface area contributed by atoms with Crippen molar-refractivity contribution in [3.63, 3.8) is 0 Å². The molecule has 1 aliphatic rings. The number of hydrogen-bond acceptors (Lipinski definition) is 4. The molecule has 0 aromatic heterocycles. The Morgan fingerprint density at radius 2 is 2.05 bits per heavy atom. The molecule has 22 heavy (non-hydrogen) atoms. The van der Waals surface area contributed by atoms with Gasteiger partial charge in [0.1, 0.15) is 0 Å². The summed E-state index contributed by atoms with van der Waals surface area (Å²) in [5.74, 6) is 0. The van der Waals surface area contributed by atoms with Gasteiger partial charge in [0.2, 0.25) is 10.0 Å². The van der Waals surface area contributed by atoms with Crippen molar-refractivity contribution in [2.45, 2.75) is 37.1 Å². The first-order valence-electron chi connectivity index (χ1n) is 7.30. The minimum absolute atomic E-state index is 0. The molecule has 1 aromatic carbocycles. The highest BCUT2D eigenvalue weighted by molar-refractivity contribution is 7.89. The van der Waals surface area contributed by atoms with Crippen molar-refractivity contribution in [2.75, 3.05) is 19.6 Å². The Labute approximate surface area is 138 Å². The van der Waals surface area contributed by atoms with Gasteiger partial charge in [0.05, 0.1) is 16.5 Å². The Morgan fingerprint density at radius 3 is 2.64 bits per heavy atom. The number of nitrogens with zero attached hydrogens (tertiary/aromatic N) is 2. The lowest BCUT2D eigenvalue weighted by molar-refractivity contribution is 0.208. The molecule has 1 aliphatic heterocycles. The summed E-state index contributed by atoms with van der Waals surface area (Å²) in [7, 11) is -3.54. The van der Waals surface area contributed by atoms with E-state index in [2.05, 4.69) is 16.5 Å². The molecule has 0 amide bonds. The number of sulfonamides is 1. The van der Waals surface area contributed by atoms with Crippen LogP contribution >= 0.6 is 12.4 Å². The predicted molar refractivity (Wildman–Crippen MR) is 88.5 cm³/mol. The van der Waals surface area contributed by atoms with Gasteiger partial charge in [0.25, 0.3) is 0 Å². The fourth-order valence-electron chi connectivity index (χ4n) is 2.61. The molecule has 0 aliphatic carbocycles. The van der Waals surface area contributed by atoms with Gasteiger partial charge in [-0.25, -0.2) is 13.1 Å². The quantitative estimate of drug-likeness (QED) is 0.888. The van der Waals surface area contributed by atoms with Crippen LogP contribution in [0.2, 0.25) is 0 Å². The van der Waals surface area contributed by atoms with Gasteiger partial charge >= 0.3 is 0 Å². The molecule has 1 aromatic rings. The Morgan fingerprint density at radius 1 is 1.36 bits per heavy atom. The third kappa shape index (κ3) is 4.96. The highest BCUT2D eigenvalue weighted by Gasteiger charge is 2.24. The number of nitriles is 1. The molecule has 1 N–H and O–H groups in total. The normalized spacial score (nSPS) is 16.7. The zero-order valence-electron chi connectivity index (χ0n) is 12.7. The summed E-state index contributed by atoms with van der Waals surface area (Å²) in [5, 5.41) is 8.86. The second-order valence-electron chi connectivity index (χ2n) is 5.38. The van der Waals surface area contributed by atoms with Gasteiger partial charge in [-0.15, -0.1) is 12.4 Å². The molecule has 0 unspecified atom stereocenters. The van der Waals surface area contributed by atoms with E-state index in [0.717, 1.165) is 38.9 Å². The Kier molecular flexibility index (Phi) is 7.30. The molecular formula is C15H22ClN3O2S. The van der Waals surface area contributed by atoms with Crippen molar-refractivity contribution < 1.29 is 8.42 Å². The van der Waals surface area contributed by atoms with Gasteiger partial charge in [-0.05, 0) is 57.1 Å². The molecule has 5 nitrogen and oxygen atoms in total. The molecule has 1 heterocycles. The van der Waals surface area contributed by atoms with Crippen LogP contribution < -0.4 is 4.72 Å². The Balaban J connectivity index is 0.00000242. The monoisotopic (exact) mass is 343 g/mol. The number of benzene rings is 1. The third-order valence-corrected chi connectivity index (χ3v) is 5.24. The van der Waals surface area contributed by atoms with Crippen LogP contribution in [0, 0.1) is 11.3 Å². The van der Waals surface area contributed by atoms with E-state index in [1.807, 2.05) is 6.07 Å². The molecule has 1 fully saturated rings. The number of nitrogens with one attached hydrogen (secondary N) is 1.